The Morgan fingerprint density at radius 2 is 2.14 bits per heavy atom. The Bertz CT molecular complexity index is 891. The number of ether oxygens (including phenoxy) is 1. The van der Waals surface area contributed by atoms with Gasteiger partial charge >= 0.3 is 0 Å². The van der Waals surface area contributed by atoms with Crippen molar-refractivity contribution in [2.75, 3.05) is 25.4 Å². The lowest BCUT2D eigenvalue weighted by Gasteiger charge is -2.11. The third kappa shape index (κ3) is 5.57. The number of carbonyl (C=O) groups excluding carboxylic acids is 1. The molecule has 0 aliphatic carbocycles. The number of benzene rings is 1. The summed E-state index contributed by atoms with van der Waals surface area (Å²) in [5.41, 5.74) is 0.417. The van der Waals surface area contributed by atoms with Gasteiger partial charge in [-0.1, -0.05) is 11.8 Å². The van der Waals surface area contributed by atoms with Gasteiger partial charge in [0.05, 0.1) is 11.0 Å². The Balaban J connectivity index is 1.47. The van der Waals surface area contributed by atoms with Gasteiger partial charge in [0, 0.05) is 50.5 Å². The highest BCUT2D eigenvalue weighted by Crippen LogP contribution is 2.15. The Morgan fingerprint density at radius 3 is 2.79 bits per heavy atom. The fourth-order valence-corrected chi connectivity index (χ4v) is 4.63. The van der Waals surface area contributed by atoms with Crippen molar-refractivity contribution in [2.45, 2.75) is 29.0 Å². The van der Waals surface area contributed by atoms with Gasteiger partial charge in [0.15, 0.2) is 5.16 Å². The lowest BCUT2D eigenvalue weighted by atomic mass is 10.2. The van der Waals surface area contributed by atoms with Gasteiger partial charge in [-0.05, 0) is 37.1 Å². The highest BCUT2D eigenvalue weighted by molar-refractivity contribution is 7.99. The third-order valence-corrected chi connectivity index (χ3v) is 6.85. The fraction of sp³-hybridized carbons (Fsp3) is 0.444. The van der Waals surface area contributed by atoms with Crippen LogP contribution in [0.4, 0.5) is 0 Å². The van der Waals surface area contributed by atoms with Crippen molar-refractivity contribution in [3.63, 3.8) is 0 Å². The molecular weight excluding hydrogens is 400 g/mol. The average molecular weight is 425 g/mol. The SMILES string of the molecule is Cn1ccnc1SCCNC(=O)c1ccc(S(=O)(=O)NC[C@@H]2CCCO2)cc1. The Kier molecular flexibility index (Phi) is 7.11. The molecule has 10 heteroatoms. The van der Waals surface area contributed by atoms with Crippen LogP contribution in [0.2, 0.25) is 0 Å². The summed E-state index contributed by atoms with van der Waals surface area (Å²) in [5, 5.41) is 3.71. The smallest absolute Gasteiger partial charge is 0.251 e. The summed E-state index contributed by atoms with van der Waals surface area (Å²) < 4.78 is 34.6. The van der Waals surface area contributed by atoms with Gasteiger partial charge in [-0.3, -0.25) is 4.79 Å². The number of hydrogen-bond acceptors (Lipinski definition) is 6. The molecule has 152 valence electrons. The van der Waals surface area contributed by atoms with Crippen LogP contribution in [0.1, 0.15) is 23.2 Å². The molecule has 0 unspecified atom stereocenters. The van der Waals surface area contributed by atoms with Crippen molar-refractivity contribution in [2.24, 2.45) is 7.05 Å². The molecule has 0 radical (unpaired) electrons. The maximum Gasteiger partial charge on any atom is 0.251 e. The van der Waals surface area contributed by atoms with E-state index in [0.717, 1.165) is 18.0 Å². The minimum absolute atomic E-state index is 0.0662. The van der Waals surface area contributed by atoms with Crippen molar-refractivity contribution < 1.29 is 17.9 Å². The van der Waals surface area contributed by atoms with E-state index in [9.17, 15) is 13.2 Å². The van der Waals surface area contributed by atoms with Crippen molar-refractivity contribution >= 4 is 27.7 Å². The van der Waals surface area contributed by atoms with E-state index in [0.29, 0.717) is 24.5 Å². The van der Waals surface area contributed by atoms with E-state index in [1.165, 1.54) is 24.3 Å². The van der Waals surface area contributed by atoms with Gasteiger partial charge in [-0.25, -0.2) is 18.1 Å². The zero-order valence-corrected chi connectivity index (χ0v) is 17.3. The minimum atomic E-state index is -3.61. The Labute approximate surface area is 169 Å². The molecule has 1 aliphatic rings. The number of nitrogens with one attached hydrogen (secondary N) is 2. The molecule has 0 bridgehead atoms. The highest BCUT2D eigenvalue weighted by atomic mass is 32.2. The molecule has 3 rings (SSSR count). The van der Waals surface area contributed by atoms with Crippen LogP contribution in [0.25, 0.3) is 0 Å². The number of aromatic nitrogens is 2. The highest BCUT2D eigenvalue weighted by Gasteiger charge is 2.20. The third-order valence-electron chi connectivity index (χ3n) is 4.35. The second-order valence-corrected chi connectivity index (χ2v) is 9.27. The predicted molar refractivity (Wildman–Crippen MR) is 107 cm³/mol. The second-order valence-electron chi connectivity index (χ2n) is 6.44. The van der Waals surface area contributed by atoms with E-state index in [4.69, 9.17) is 4.74 Å². The first-order valence-corrected chi connectivity index (χ1v) is 11.5. The van der Waals surface area contributed by atoms with E-state index in [1.807, 2.05) is 17.8 Å². The van der Waals surface area contributed by atoms with Crippen LogP contribution in [0.3, 0.4) is 0 Å². The number of sulfonamides is 1. The molecule has 1 aliphatic heterocycles. The maximum absolute atomic E-state index is 12.3. The first-order valence-electron chi connectivity index (χ1n) is 9.05. The molecule has 0 saturated carbocycles. The molecule has 2 heterocycles. The van der Waals surface area contributed by atoms with Crippen LogP contribution in [-0.2, 0) is 21.8 Å². The van der Waals surface area contributed by atoms with E-state index in [1.54, 1.807) is 18.0 Å². The summed E-state index contributed by atoms with van der Waals surface area (Å²) in [6, 6.07) is 5.91. The molecule has 8 nitrogen and oxygen atoms in total. The molecule has 2 N–H and O–H groups in total. The van der Waals surface area contributed by atoms with Crippen LogP contribution in [0.15, 0.2) is 46.7 Å². The van der Waals surface area contributed by atoms with Crippen LogP contribution < -0.4 is 10.0 Å². The lowest BCUT2D eigenvalue weighted by molar-refractivity contribution is 0.0956. The molecule has 0 spiro atoms. The summed E-state index contributed by atoms with van der Waals surface area (Å²) in [4.78, 5) is 16.5. The summed E-state index contributed by atoms with van der Waals surface area (Å²) in [5.74, 6) is 0.452. The van der Waals surface area contributed by atoms with Crippen LogP contribution in [-0.4, -0.2) is 55.4 Å². The van der Waals surface area contributed by atoms with E-state index >= 15 is 0 Å². The number of aryl methyl sites for hydroxylation is 1. The quantitative estimate of drug-likeness (QED) is 0.466. The lowest BCUT2D eigenvalue weighted by Crippen LogP contribution is -2.32. The topological polar surface area (TPSA) is 102 Å². The van der Waals surface area contributed by atoms with Crippen molar-refractivity contribution in [3.8, 4) is 0 Å². The van der Waals surface area contributed by atoms with Gasteiger partial charge in [0.1, 0.15) is 0 Å². The second kappa shape index (κ2) is 9.55. The molecule has 1 aromatic heterocycles. The van der Waals surface area contributed by atoms with E-state index < -0.39 is 10.0 Å². The zero-order valence-electron chi connectivity index (χ0n) is 15.6. The van der Waals surface area contributed by atoms with Gasteiger partial charge in [-0.15, -0.1) is 0 Å². The molecule has 1 saturated heterocycles. The fourth-order valence-electron chi connectivity index (χ4n) is 2.78. The Hall–Kier alpha value is -1.88. The van der Waals surface area contributed by atoms with Crippen molar-refractivity contribution in [3.05, 3.63) is 42.2 Å². The number of hydrogen-bond donors (Lipinski definition) is 2. The summed E-state index contributed by atoms with van der Waals surface area (Å²) >= 11 is 1.55. The van der Waals surface area contributed by atoms with Crippen LogP contribution >= 0.6 is 11.8 Å². The van der Waals surface area contributed by atoms with Gasteiger partial charge in [0.2, 0.25) is 10.0 Å². The molecule has 1 atom stereocenters. The van der Waals surface area contributed by atoms with Gasteiger partial charge in [0.25, 0.3) is 5.91 Å². The number of carbonyl (C=O) groups is 1. The van der Waals surface area contributed by atoms with Gasteiger partial charge < -0.3 is 14.6 Å². The van der Waals surface area contributed by atoms with Crippen molar-refractivity contribution in [1.82, 2.24) is 19.6 Å². The number of imidazole rings is 1. The number of thioether (sulfide) groups is 1. The number of rotatable bonds is 9. The molecule has 1 amide bonds. The minimum Gasteiger partial charge on any atom is -0.377 e. The largest absolute Gasteiger partial charge is 0.377 e. The summed E-state index contributed by atoms with van der Waals surface area (Å²) in [7, 11) is -1.70. The normalized spacial score (nSPS) is 17.0. The monoisotopic (exact) mass is 424 g/mol. The average Bonchev–Trinajstić information content (AvgIpc) is 3.35. The van der Waals surface area contributed by atoms with Crippen molar-refractivity contribution in [1.29, 1.82) is 0 Å². The predicted octanol–water partition coefficient (Wildman–Crippen LogP) is 1.40. The van der Waals surface area contributed by atoms with Crippen LogP contribution in [0.5, 0.6) is 0 Å². The summed E-state index contributed by atoms with van der Waals surface area (Å²) in [6.45, 7) is 1.42. The molecule has 1 fully saturated rings. The maximum atomic E-state index is 12.3. The zero-order chi connectivity index (χ0) is 20.0. The Morgan fingerprint density at radius 1 is 1.36 bits per heavy atom. The van der Waals surface area contributed by atoms with Gasteiger partial charge in [-0.2, -0.15) is 0 Å². The molecular formula is C18H24N4O4S2. The number of amides is 1. The molecule has 1 aromatic carbocycles. The standard InChI is InChI=1S/C18H24N4O4S2/c1-22-10-8-20-18(22)27-12-9-19-17(23)14-4-6-16(7-5-14)28(24,25)21-13-15-3-2-11-26-15/h4-8,10,15,21H,2-3,9,11-13H2,1H3,(H,19,23)/t15-/m0/s1. The molecule has 28 heavy (non-hydrogen) atoms. The number of nitrogens with zero attached hydrogens (tertiary/aromatic N) is 2. The van der Waals surface area contributed by atoms with E-state index in [2.05, 4.69) is 15.0 Å². The first kappa shape index (κ1) is 20.8. The summed E-state index contributed by atoms with van der Waals surface area (Å²) in [6.07, 6.45) is 5.35. The van der Waals surface area contributed by atoms with E-state index in [-0.39, 0.29) is 23.5 Å². The van der Waals surface area contributed by atoms with Crippen LogP contribution in [0, 0.1) is 0 Å². The molecule has 2 aromatic rings. The first-order chi connectivity index (χ1) is 13.5.